The summed E-state index contributed by atoms with van der Waals surface area (Å²) in [6.07, 6.45) is 4.09. The van der Waals surface area contributed by atoms with Gasteiger partial charge in [-0.2, -0.15) is 4.98 Å². The zero-order chi connectivity index (χ0) is 24.3. The molecule has 1 aromatic heterocycles. The molecule has 1 aliphatic rings. The van der Waals surface area contributed by atoms with Crippen LogP contribution in [-0.2, 0) is 9.84 Å². The van der Waals surface area contributed by atoms with Gasteiger partial charge in [0.2, 0.25) is 26.6 Å². The summed E-state index contributed by atoms with van der Waals surface area (Å²) in [6, 6.07) is 24.5. The van der Waals surface area contributed by atoms with E-state index in [-0.39, 0.29) is 21.7 Å². The molecule has 0 spiro atoms. The van der Waals surface area contributed by atoms with Crippen LogP contribution in [0.5, 0.6) is 0 Å². The van der Waals surface area contributed by atoms with E-state index < -0.39 is 15.7 Å². The van der Waals surface area contributed by atoms with E-state index in [4.69, 9.17) is 4.42 Å². The number of hydrogen-bond acceptors (Lipinski definition) is 5. The summed E-state index contributed by atoms with van der Waals surface area (Å²) in [6.45, 7) is 1.39. The lowest BCUT2D eigenvalue weighted by molar-refractivity contribution is 0.477. The van der Waals surface area contributed by atoms with E-state index >= 15 is 0 Å². The summed E-state index contributed by atoms with van der Waals surface area (Å²) in [5, 5.41) is -0.113. The minimum Gasteiger partial charge on any atom is -0.423 e. The SMILES string of the molecule is O=S(=O)(c1ccc(F)cc1)c1nc(C(c2ccccc2)c2ccccc2)oc1N1CCCCCC1. The molecule has 3 aromatic carbocycles. The average Bonchev–Trinajstić information content (AvgIpc) is 3.14. The number of halogens is 1. The van der Waals surface area contributed by atoms with Crippen molar-refractivity contribution in [1.29, 1.82) is 0 Å². The fraction of sp³-hybridized carbons (Fsp3) is 0.250. The van der Waals surface area contributed by atoms with Crippen LogP contribution in [0.4, 0.5) is 10.3 Å². The maximum absolute atomic E-state index is 13.7. The van der Waals surface area contributed by atoms with Gasteiger partial charge in [-0.25, -0.2) is 12.8 Å². The lowest BCUT2D eigenvalue weighted by Crippen LogP contribution is -2.25. The van der Waals surface area contributed by atoms with Gasteiger partial charge < -0.3 is 9.32 Å². The molecule has 0 atom stereocenters. The number of rotatable bonds is 6. The predicted octanol–water partition coefficient (Wildman–Crippen LogP) is 6.21. The second-order valence-corrected chi connectivity index (χ2v) is 10.6. The largest absolute Gasteiger partial charge is 0.423 e. The minimum absolute atomic E-state index is 0.00852. The van der Waals surface area contributed by atoms with Crippen LogP contribution in [-0.4, -0.2) is 26.5 Å². The monoisotopic (exact) mass is 490 g/mol. The van der Waals surface area contributed by atoms with Crippen molar-refractivity contribution in [3.05, 3.63) is 108 Å². The van der Waals surface area contributed by atoms with Crippen molar-refractivity contribution in [3.8, 4) is 0 Å². The third-order valence-electron chi connectivity index (χ3n) is 6.38. The maximum Gasteiger partial charge on any atom is 0.236 e. The lowest BCUT2D eigenvalue weighted by atomic mass is 9.91. The third-order valence-corrected chi connectivity index (χ3v) is 8.05. The summed E-state index contributed by atoms with van der Waals surface area (Å²) in [5.41, 5.74) is 1.90. The molecular formula is C28H27FN2O3S. The second-order valence-electron chi connectivity index (χ2n) is 8.78. The topological polar surface area (TPSA) is 63.4 Å². The first-order valence-corrected chi connectivity index (χ1v) is 13.4. The minimum atomic E-state index is -4.04. The van der Waals surface area contributed by atoms with Crippen molar-refractivity contribution in [3.63, 3.8) is 0 Å². The summed E-state index contributed by atoms with van der Waals surface area (Å²) in [5.74, 6) is -0.281. The Hall–Kier alpha value is -3.45. The number of hydrogen-bond donors (Lipinski definition) is 0. The molecule has 0 radical (unpaired) electrons. The van der Waals surface area contributed by atoms with E-state index in [1.165, 1.54) is 12.1 Å². The van der Waals surface area contributed by atoms with Crippen LogP contribution in [0.2, 0.25) is 0 Å². The van der Waals surface area contributed by atoms with E-state index in [9.17, 15) is 12.8 Å². The molecule has 180 valence electrons. The highest BCUT2D eigenvalue weighted by atomic mass is 32.2. The molecule has 0 aliphatic carbocycles. The number of oxazole rings is 1. The summed E-state index contributed by atoms with van der Waals surface area (Å²) < 4.78 is 47.4. The lowest BCUT2D eigenvalue weighted by Gasteiger charge is -2.20. The number of aromatic nitrogens is 1. The Labute approximate surface area is 205 Å². The first-order chi connectivity index (χ1) is 17.0. The molecule has 0 saturated carbocycles. The maximum atomic E-state index is 13.7. The van der Waals surface area contributed by atoms with Gasteiger partial charge in [-0.05, 0) is 48.2 Å². The highest BCUT2D eigenvalue weighted by Crippen LogP contribution is 2.38. The van der Waals surface area contributed by atoms with Crippen LogP contribution in [0.25, 0.3) is 0 Å². The Morgan fingerprint density at radius 1 is 0.771 bits per heavy atom. The number of sulfone groups is 1. The van der Waals surface area contributed by atoms with Crippen molar-refractivity contribution >= 4 is 15.7 Å². The molecule has 2 heterocycles. The Bertz CT molecular complexity index is 1320. The highest BCUT2D eigenvalue weighted by molar-refractivity contribution is 7.91. The van der Waals surface area contributed by atoms with Gasteiger partial charge in [0.25, 0.3) is 0 Å². The molecule has 1 saturated heterocycles. The van der Waals surface area contributed by atoms with Crippen LogP contribution >= 0.6 is 0 Å². The average molecular weight is 491 g/mol. The van der Waals surface area contributed by atoms with E-state index in [2.05, 4.69) is 4.98 Å². The van der Waals surface area contributed by atoms with E-state index in [1.54, 1.807) is 0 Å². The molecule has 4 aromatic rings. The first-order valence-electron chi connectivity index (χ1n) is 11.9. The molecule has 7 heteroatoms. The zero-order valence-electron chi connectivity index (χ0n) is 19.3. The fourth-order valence-electron chi connectivity index (χ4n) is 4.58. The number of benzene rings is 3. The molecule has 0 bridgehead atoms. The second kappa shape index (κ2) is 10.0. The van der Waals surface area contributed by atoms with Gasteiger partial charge in [0.1, 0.15) is 5.82 Å². The molecule has 35 heavy (non-hydrogen) atoms. The van der Waals surface area contributed by atoms with E-state index in [0.29, 0.717) is 19.0 Å². The normalized spacial score (nSPS) is 14.7. The molecule has 1 aliphatic heterocycles. The Morgan fingerprint density at radius 3 is 1.86 bits per heavy atom. The first kappa shape index (κ1) is 23.3. The quantitative estimate of drug-likeness (QED) is 0.301. The van der Waals surface area contributed by atoms with Gasteiger partial charge in [-0.1, -0.05) is 73.5 Å². The van der Waals surface area contributed by atoms with Gasteiger partial charge in [0.15, 0.2) is 0 Å². The van der Waals surface area contributed by atoms with Crippen LogP contribution in [0.3, 0.4) is 0 Å². The fourth-order valence-corrected chi connectivity index (χ4v) is 5.91. The molecule has 5 rings (SSSR count). The Morgan fingerprint density at radius 2 is 1.31 bits per heavy atom. The Kier molecular flexibility index (Phi) is 6.68. The smallest absolute Gasteiger partial charge is 0.236 e. The molecule has 1 fully saturated rings. The number of nitrogens with zero attached hydrogens (tertiary/aromatic N) is 2. The van der Waals surface area contributed by atoms with Crippen LogP contribution in [0.15, 0.2) is 99.3 Å². The predicted molar refractivity (Wildman–Crippen MR) is 133 cm³/mol. The summed E-state index contributed by atoms with van der Waals surface area (Å²) in [4.78, 5) is 6.63. The standard InChI is InChI=1S/C28H27FN2O3S/c29-23-15-17-24(18-16-23)35(32,33)27-28(31-19-9-1-2-10-20-31)34-26(30-27)25(21-11-5-3-6-12-21)22-13-7-4-8-14-22/h3-8,11-18,25H,1-2,9-10,19-20H2. The van der Waals surface area contributed by atoms with Crippen molar-refractivity contribution in [1.82, 2.24) is 4.98 Å². The van der Waals surface area contributed by atoms with Gasteiger partial charge in [0, 0.05) is 13.1 Å². The van der Waals surface area contributed by atoms with Crippen molar-refractivity contribution < 1.29 is 17.2 Å². The third kappa shape index (κ3) is 4.86. The molecule has 5 nitrogen and oxygen atoms in total. The molecule has 0 N–H and O–H groups in total. The van der Waals surface area contributed by atoms with Gasteiger partial charge in [-0.3, -0.25) is 0 Å². The van der Waals surface area contributed by atoms with Gasteiger partial charge in [0.05, 0.1) is 10.8 Å². The molecule has 0 unspecified atom stereocenters. The van der Waals surface area contributed by atoms with Crippen molar-refractivity contribution in [2.45, 2.75) is 41.5 Å². The summed E-state index contributed by atoms with van der Waals surface area (Å²) in [7, 11) is -4.04. The molecule has 0 amide bonds. The van der Waals surface area contributed by atoms with Crippen LogP contribution in [0.1, 0.15) is 48.6 Å². The Balaban J connectivity index is 1.69. The van der Waals surface area contributed by atoms with Crippen molar-refractivity contribution in [2.75, 3.05) is 18.0 Å². The van der Waals surface area contributed by atoms with E-state index in [0.717, 1.165) is 48.9 Å². The zero-order valence-corrected chi connectivity index (χ0v) is 20.1. The van der Waals surface area contributed by atoms with Crippen molar-refractivity contribution in [2.24, 2.45) is 0 Å². The summed E-state index contributed by atoms with van der Waals surface area (Å²) >= 11 is 0. The van der Waals surface area contributed by atoms with Gasteiger partial charge >= 0.3 is 0 Å². The van der Waals surface area contributed by atoms with Gasteiger partial charge in [-0.15, -0.1) is 0 Å². The number of anilines is 1. The highest BCUT2D eigenvalue weighted by Gasteiger charge is 2.34. The molecular weight excluding hydrogens is 463 g/mol. The van der Waals surface area contributed by atoms with E-state index in [1.807, 2.05) is 65.6 Å². The van der Waals surface area contributed by atoms with Crippen LogP contribution in [0, 0.1) is 5.82 Å². The van der Waals surface area contributed by atoms with Crippen LogP contribution < -0.4 is 4.90 Å².